The van der Waals surface area contributed by atoms with E-state index in [1.165, 1.54) is 0 Å². The van der Waals surface area contributed by atoms with Crippen molar-refractivity contribution in [2.24, 2.45) is 0 Å². The van der Waals surface area contributed by atoms with Gasteiger partial charge in [0.25, 0.3) is 5.91 Å². The summed E-state index contributed by atoms with van der Waals surface area (Å²) in [5.41, 5.74) is 1.72. The SMILES string of the molecule is Cc1cc(NC(=O)c2nccc3ccccc23)ccc1O. The number of pyridine rings is 1. The standard InChI is InChI=1S/C17H14N2O2/c1-11-10-13(6-7-15(11)20)19-17(21)16-14-5-3-2-4-12(14)8-9-18-16/h2-10,20H,1H3,(H,19,21). The second-order valence-corrected chi connectivity index (χ2v) is 4.84. The minimum atomic E-state index is -0.267. The number of rotatable bonds is 2. The van der Waals surface area contributed by atoms with Gasteiger partial charge >= 0.3 is 0 Å². The summed E-state index contributed by atoms with van der Waals surface area (Å²) in [5.74, 6) is -0.0619. The highest BCUT2D eigenvalue weighted by molar-refractivity contribution is 6.11. The summed E-state index contributed by atoms with van der Waals surface area (Å²) in [5, 5.41) is 14.1. The molecule has 0 spiro atoms. The van der Waals surface area contributed by atoms with Crippen LogP contribution < -0.4 is 5.32 Å². The highest BCUT2D eigenvalue weighted by Gasteiger charge is 2.12. The molecule has 2 N–H and O–H groups in total. The number of carbonyl (C=O) groups excluding carboxylic acids is 1. The van der Waals surface area contributed by atoms with Crippen LogP contribution in [0.25, 0.3) is 10.8 Å². The number of nitrogens with zero attached hydrogens (tertiary/aromatic N) is 1. The fourth-order valence-corrected chi connectivity index (χ4v) is 2.22. The van der Waals surface area contributed by atoms with Crippen LogP contribution in [0.4, 0.5) is 5.69 Å². The highest BCUT2D eigenvalue weighted by Crippen LogP contribution is 2.22. The molecule has 0 aliphatic heterocycles. The predicted molar refractivity (Wildman–Crippen MR) is 82.5 cm³/mol. The van der Waals surface area contributed by atoms with Crippen molar-refractivity contribution >= 4 is 22.4 Å². The maximum Gasteiger partial charge on any atom is 0.274 e. The van der Waals surface area contributed by atoms with Gasteiger partial charge in [0.1, 0.15) is 11.4 Å². The Hall–Kier alpha value is -2.88. The Balaban J connectivity index is 1.95. The molecule has 1 amide bonds. The molecule has 3 aromatic rings. The van der Waals surface area contributed by atoms with Crippen molar-refractivity contribution in [3.63, 3.8) is 0 Å². The first kappa shape index (κ1) is 13.1. The van der Waals surface area contributed by atoms with Gasteiger partial charge in [0.2, 0.25) is 0 Å². The van der Waals surface area contributed by atoms with E-state index in [1.807, 2.05) is 30.3 Å². The average molecular weight is 278 g/mol. The normalized spacial score (nSPS) is 10.5. The topological polar surface area (TPSA) is 62.2 Å². The molecule has 21 heavy (non-hydrogen) atoms. The minimum absolute atomic E-state index is 0.205. The molecule has 0 radical (unpaired) electrons. The molecule has 0 aliphatic rings. The van der Waals surface area contributed by atoms with Crippen LogP contribution in [-0.4, -0.2) is 16.0 Å². The highest BCUT2D eigenvalue weighted by atomic mass is 16.3. The molecule has 4 heteroatoms. The summed E-state index contributed by atoms with van der Waals surface area (Å²) in [6.07, 6.45) is 1.62. The maximum absolute atomic E-state index is 12.4. The molecule has 0 aliphatic carbocycles. The number of aromatic nitrogens is 1. The number of hydrogen-bond donors (Lipinski definition) is 2. The maximum atomic E-state index is 12.4. The summed E-state index contributed by atoms with van der Waals surface area (Å²) in [6.45, 7) is 1.78. The molecule has 1 aromatic heterocycles. The summed E-state index contributed by atoms with van der Waals surface area (Å²) >= 11 is 0. The van der Waals surface area contributed by atoms with E-state index in [-0.39, 0.29) is 11.7 Å². The van der Waals surface area contributed by atoms with Gasteiger partial charge in [-0.15, -0.1) is 0 Å². The van der Waals surface area contributed by atoms with E-state index in [0.717, 1.165) is 10.8 Å². The Kier molecular flexibility index (Phi) is 3.28. The van der Waals surface area contributed by atoms with E-state index in [4.69, 9.17) is 0 Å². The molecular weight excluding hydrogens is 264 g/mol. The quantitative estimate of drug-likeness (QED) is 0.705. The van der Waals surface area contributed by atoms with Crippen molar-refractivity contribution in [2.45, 2.75) is 6.92 Å². The monoisotopic (exact) mass is 278 g/mol. The van der Waals surface area contributed by atoms with Gasteiger partial charge in [0.15, 0.2) is 0 Å². The van der Waals surface area contributed by atoms with Crippen molar-refractivity contribution in [1.82, 2.24) is 4.98 Å². The van der Waals surface area contributed by atoms with Crippen molar-refractivity contribution in [1.29, 1.82) is 0 Å². The van der Waals surface area contributed by atoms with Crippen LogP contribution in [0.1, 0.15) is 16.1 Å². The van der Waals surface area contributed by atoms with Crippen LogP contribution in [0.15, 0.2) is 54.7 Å². The number of carbonyl (C=O) groups is 1. The lowest BCUT2D eigenvalue weighted by molar-refractivity contribution is 0.102. The average Bonchev–Trinajstić information content (AvgIpc) is 2.50. The molecule has 1 heterocycles. The molecule has 0 atom stereocenters. The van der Waals surface area contributed by atoms with Crippen LogP contribution in [0.3, 0.4) is 0 Å². The van der Waals surface area contributed by atoms with Crippen LogP contribution in [0.2, 0.25) is 0 Å². The van der Waals surface area contributed by atoms with E-state index >= 15 is 0 Å². The number of aromatic hydroxyl groups is 1. The number of fused-ring (bicyclic) bond motifs is 1. The van der Waals surface area contributed by atoms with Crippen molar-refractivity contribution in [3.8, 4) is 5.75 Å². The molecule has 0 saturated heterocycles. The Labute approximate surface area is 122 Å². The summed E-state index contributed by atoms with van der Waals surface area (Å²) in [6, 6.07) is 14.4. The Morgan fingerprint density at radius 3 is 2.76 bits per heavy atom. The number of anilines is 1. The van der Waals surface area contributed by atoms with Crippen molar-refractivity contribution < 1.29 is 9.90 Å². The van der Waals surface area contributed by atoms with E-state index in [9.17, 15) is 9.90 Å². The number of hydrogen-bond acceptors (Lipinski definition) is 3. The van der Waals surface area contributed by atoms with Crippen LogP contribution in [0.5, 0.6) is 5.75 Å². The van der Waals surface area contributed by atoms with Gasteiger partial charge in [0.05, 0.1) is 0 Å². The first-order chi connectivity index (χ1) is 10.1. The van der Waals surface area contributed by atoms with Gasteiger partial charge in [-0.1, -0.05) is 24.3 Å². The van der Waals surface area contributed by atoms with Crippen molar-refractivity contribution in [2.75, 3.05) is 5.32 Å². The van der Waals surface area contributed by atoms with E-state index in [2.05, 4.69) is 10.3 Å². The lowest BCUT2D eigenvalue weighted by atomic mass is 10.1. The molecular formula is C17H14N2O2. The zero-order valence-corrected chi connectivity index (χ0v) is 11.5. The van der Waals surface area contributed by atoms with Crippen LogP contribution in [-0.2, 0) is 0 Å². The minimum Gasteiger partial charge on any atom is -0.508 e. The van der Waals surface area contributed by atoms with Gasteiger partial charge < -0.3 is 10.4 Å². The molecule has 0 bridgehead atoms. The largest absolute Gasteiger partial charge is 0.508 e. The predicted octanol–water partition coefficient (Wildman–Crippen LogP) is 3.50. The molecule has 104 valence electrons. The Morgan fingerprint density at radius 2 is 1.95 bits per heavy atom. The summed E-state index contributed by atoms with van der Waals surface area (Å²) in [4.78, 5) is 16.6. The lowest BCUT2D eigenvalue weighted by Crippen LogP contribution is -2.14. The number of phenols is 1. The second-order valence-electron chi connectivity index (χ2n) is 4.84. The van der Waals surface area contributed by atoms with Gasteiger partial charge in [0, 0.05) is 17.3 Å². The molecule has 3 rings (SSSR count). The van der Waals surface area contributed by atoms with Crippen molar-refractivity contribution in [3.05, 3.63) is 66.0 Å². The third kappa shape index (κ3) is 2.56. The fourth-order valence-electron chi connectivity index (χ4n) is 2.22. The first-order valence-corrected chi connectivity index (χ1v) is 6.60. The zero-order chi connectivity index (χ0) is 14.8. The zero-order valence-electron chi connectivity index (χ0n) is 11.5. The summed E-state index contributed by atoms with van der Waals surface area (Å²) < 4.78 is 0. The van der Waals surface area contributed by atoms with Gasteiger partial charge in [-0.25, -0.2) is 0 Å². The van der Waals surface area contributed by atoms with E-state index in [0.29, 0.717) is 16.9 Å². The number of benzene rings is 2. The lowest BCUT2D eigenvalue weighted by Gasteiger charge is -2.08. The smallest absolute Gasteiger partial charge is 0.274 e. The van der Waals surface area contributed by atoms with E-state index in [1.54, 1.807) is 31.3 Å². The number of phenolic OH excluding ortho intramolecular Hbond substituents is 1. The third-order valence-electron chi connectivity index (χ3n) is 3.34. The number of amides is 1. The summed E-state index contributed by atoms with van der Waals surface area (Å²) in [7, 11) is 0. The molecule has 0 fully saturated rings. The van der Waals surface area contributed by atoms with Gasteiger partial charge in [-0.05, 0) is 42.1 Å². The first-order valence-electron chi connectivity index (χ1n) is 6.60. The molecule has 0 saturated carbocycles. The molecule has 4 nitrogen and oxygen atoms in total. The number of aryl methyl sites for hydroxylation is 1. The second kappa shape index (κ2) is 5.25. The van der Waals surface area contributed by atoms with E-state index < -0.39 is 0 Å². The molecule has 0 unspecified atom stereocenters. The Bertz CT molecular complexity index is 823. The van der Waals surface area contributed by atoms with Gasteiger partial charge in [-0.2, -0.15) is 0 Å². The molecule has 2 aromatic carbocycles. The third-order valence-corrected chi connectivity index (χ3v) is 3.34. The number of nitrogens with one attached hydrogen (secondary N) is 1. The van der Waals surface area contributed by atoms with Crippen LogP contribution in [0, 0.1) is 6.92 Å². The fraction of sp³-hybridized carbons (Fsp3) is 0.0588. The van der Waals surface area contributed by atoms with Crippen LogP contribution >= 0.6 is 0 Å². The van der Waals surface area contributed by atoms with Gasteiger partial charge in [-0.3, -0.25) is 9.78 Å². The Morgan fingerprint density at radius 1 is 1.14 bits per heavy atom.